The molecule has 3 heteroatoms. The lowest BCUT2D eigenvalue weighted by atomic mass is 9.97. The molecule has 1 unspecified atom stereocenters. The number of hydrogen-bond donors (Lipinski definition) is 1. The van der Waals surface area contributed by atoms with Gasteiger partial charge >= 0.3 is 0 Å². The van der Waals surface area contributed by atoms with Crippen molar-refractivity contribution in [2.24, 2.45) is 0 Å². The third-order valence-electron chi connectivity index (χ3n) is 3.42. The topological polar surface area (TPSA) is 38.7 Å². The number of rotatable bonds is 2. The Bertz CT molecular complexity index is 535. The van der Waals surface area contributed by atoms with E-state index in [-0.39, 0.29) is 23.9 Å². The molecule has 1 heterocycles. The highest BCUT2D eigenvalue weighted by Gasteiger charge is 2.47. The Kier molecular flexibility index (Phi) is 4.08. The summed E-state index contributed by atoms with van der Waals surface area (Å²) in [6, 6.07) is 7.62. The van der Waals surface area contributed by atoms with E-state index < -0.39 is 0 Å². The maximum absolute atomic E-state index is 8.73. The van der Waals surface area contributed by atoms with E-state index in [4.69, 9.17) is 14.6 Å². The maximum Gasteiger partial charge on any atom is 0.130 e. The summed E-state index contributed by atoms with van der Waals surface area (Å²) in [6.07, 6.45) is 0.866. The zero-order valence-corrected chi connectivity index (χ0v) is 12.6. The zero-order chi connectivity index (χ0) is 14.8. The SMILES string of the molecule is CC1(C)CC(Oc2cccc(C#CCO)c2)C(C)(C)O1. The van der Waals surface area contributed by atoms with Gasteiger partial charge in [0, 0.05) is 12.0 Å². The molecule has 3 nitrogen and oxygen atoms in total. The first kappa shape index (κ1) is 14.9. The second kappa shape index (κ2) is 5.47. The second-order valence-corrected chi connectivity index (χ2v) is 6.26. The van der Waals surface area contributed by atoms with E-state index in [0.29, 0.717) is 0 Å². The van der Waals surface area contributed by atoms with Crippen LogP contribution in [0.5, 0.6) is 5.75 Å². The van der Waals surface area contributed by atoms with Gasteiger partial charge in [-0.2, -0.15) is 0 Å². The van der Waals surface area contributed by atoms with E-state index in [9.17, 15) is 0 Å². The van der Waals surface area contributed by atoms with Gasteiger partial charge in [0.15, 0.2) is 0 Å². The monoisotopic (exact) mass is 274 g/mol. The van der Waals surface area contributed by atoms with Crippen molar-refractivity contribution in [3.63, 3.8) is 0 Å². The summed E-state index contributed by atoms with van der Waals surface area (Å²) >= 11 is 0. The Morgan fingerprint density at radius 2 is 2.10 bits per heavy atom. The Morgan fingerprint density at radius 3 is 2.70 bits per heavy atom. The van der Waals surface area contributed by atoms with Crippen molar-refractivity contribution >= 4 is 0 Å². The van der Waals surface area contributed by atoms with Crippen LogP contribution >= 0.6 is 0 Å². The van der Waals surface area contributed by atoms with Crippen LogP contribution in [0.15, 0.2) is 24.3 Å². The van der Waals surface area contributed by atoms with Crippen LogP contribution in [-0.4, -0.2) is 29.0 Å². The molecule has 1 aliphatic rings. The standard InChI is InChI=1S/C17H22O3/c1-16(2)12-15(17(3,4)20-16)19-14-9-5-7-13(11-14)8-6-10-18/h5,7,9,11,15,18H,10,12H2,1-4H3. The highest BCUT2D eigenvalue weighted by atomic mass is 16.6. The van der Waals surface area contributed by atoms with Crippen molar-refractivity contribution in [1.82, 2.24) is 0 Å². The van der Waals surface area contributed by atoms with Crippen molar-refractivity contribution in [3.05, 3.63) is 29.8 Å². The third kappa shape index (κ3) is 3.53. The summed E-state index contributed by atoms with van der Waals surface area (Å²) in [5.74, 6) is 6.31. The first-order valence-corrected chi connectivity index (χ1v) is 6.89. The minimum Gasteiger partial charge on any atom is -0.487 e. The molecule has 0 bridgehead atoms. The average Bonchev–Trinajstić information content (AvgIpc) is 2.55. The minimum absolute atomic E-state index is 0.0125. The Morgan fingerprint density at radius 1 is 1.35 bits per heavy atom. The van der Waals surface area contributed by atoms with Crippen LogP contribution in [0.3, 0.4) is 0 Å². The smallest absolute Gasteiger partial charge is 0.130 e. The van der Waals surface area contributed by atoms with E-state index in [1.54, 1.807) is 0 Å². The molecule has 1 fully saturated rings. The Hall–Kier alpha value is -1.50. The molecule has 1 atom stereocenters. The van der Waals surface area contributed by atoms with Gasteiger partial charge in [0.25, 0.3) is 0 Å². The summed E-state index contributed by atoms with van der Waals surface area (Å²) in [5.41, 5.74) is 0.367. The molecule has 0 saturated carbocycles. The van der Waals surface area contributed by atoms with Gasteiger partial charge in [-0.05, 0) is 45.9 Å². The van der Waals surface area contributed by atoms with E-state index in [1.807, 2.05) is 24.3 Å². The molecule has 1 aromatic carbocycles. The van der Waals surface area contributed by atoms with Gasteiger partial charge in [-0.3, -0.25) is 0 Å². The lowest BCUT2D eigenvalue weighted by Gasteiger charge is -2.27. The van der Waals surface area contributed by atoms with Crippen LogP contribution < -0.4 is 4.74 Å². The molecule has 0 spiro atoms. The van der Waals surface area contributed by atoms with Gasteiger partial charge in [-0.15, -0.1) is 0 Å². The molecule has 0 aromatic heterocycles. The van der Waals surface area contributed by atoms with E-state index >= 15 is 0 Å². The summed E-state index contributed by atoms with van der Waals surface area (Å²) < 4.78 is 12.1. The number of aliphatic hydroxyl groups excluding tert-OH is 1. The third-order valence-corrected chi connectivity index (χ3v) is 3.42. The van der Waals surface area contributed by atoms with Crippen LogP contribution in [0.2, 0.25) is 0 Å². The van der Waals surface area contributed by atoms with E-state index in [2.05, 4.69) is 39.5 Å². The summed E-state index contributed by atoms with van der Waals surface area (Å²) in [4.78, 5) is 0. The number of ether oxygens (including phenoxy) is 2. The predicted octanol–water partition coefficient (Wildman–Crippen LogP) is 2.76. The normalized spacial score (nSPS) is 22.9. The molecule has 2 rings (SSSR count). The van der Waals surface area contributed by atoms with Gasteiger partial charge in [-0.25, -0.2) is 0 Å². The van der Waals surface area contributed by atoms with Crippen molar-refractivity contribution < 1.29 is 14.6 Å². The van der Waals surface area contributed by atoms with Gasteiger partial charge in [0.1, 0.15) is 24.1 Å². The quantitative estimate of drug-likeness (QED) is 0.843. The zero-order valence-electron chi connectivity index (χ0n) is 12.6. The molecule has 1 N–H and O–H groups in total. The van der Waals surface area contributed by atoms with Crippen molar-refractivity contribution in [1.29, 1.82) is 0 Å². The largest absolute Gasteiger partial charge is 0.487 e. The predicted molar refractivity (Wildman–Crippen MR) is 78.7 cm³/mol. The minimum atomic E-state index is -0.309. The van der Waals surface area contributed by atoms with E-state index in [0.717, 1.165) is 17.7 Å². The lowest BCUT2D eigenvalue weighted by Crippen LogP contribution is -2.36. The lowest BCUT2D eigenvalue weighted by molar-refractivity contribution is -0.0846. The van der Waals surface area contributed by atoms with Crippen LogP contribution in [0.25, 0.3) is 0 Å². The molecule has 1 aromatic rings. The summed E-state index contributed by atoms with van der Waals surface area (Å²) in [7, 11) is 0. The van der Waals surface area contributed by atoms with Crippen LogP contribution in [0.4, 0.5) is 0 Å². The summed E-state index contributed by atoms with van der Waals surface area (Å²) in [6.45, 7) is 8.15. The first-order chi connectivity index (χ1) is 9.32. The van der Waals surface area contributed by atoms with Gasteiger partial charge < -0.3 is 14.6 Å². The van der Waals surface area contributed by atoms with Gasteiger partial charge in [-0.1, -0.05) is 17.9 Å². The molecule has 0 radical (unpaired) electrons. The molecular weight excluding hydrogens is 252 g/mol. The molecule has 0 amide bonds. The fraction of sp³-hybridized carbons (Fsp3) is 0.529. The van der Waals surface area contributed by atoms with Crippen LogP contribution in [-0.2, 0) is 4.74 Å². The van der Waals surface area contributed by atoms with Crippen molar-refractivity contribution in [3.8, 4) is 17.6 Å². The molecule has 20 heavy (non-hydrogen) atoms. The first-order valence-electron chi connectivity index (χ1n) is 6.89. The molecular formula is C17H22O3. The molecule has 1 saturated heterocycles. The van der Waals surface area contributed by atoms with E-state index in [1.165, 1.54) is 0 Å². The molecule has 108 valence electrons. The second-order valence-electron chi connectivity index (χ2n) is 6.26. The summed E-state index contributed by atoms with van der Waals surface area (Å²) in [5, 5.41) is 8.73. The highest BCUT2D eigenvalue weighted by Crippen LogP contribution is 2.39. The van der Waals surface area contributed by atoms with Crippen molar-refractivity contribution in [2.75, 3.05) is 6.61 Å². The number of aliphatic hydroxyl groups is 1. The van der Waals surface area contributed by atoms with Crippen LogP contribution in [0.1, 0.15) is 39.7 Å². The maximum atomic E-state index is 8.73. The Labute approximate surface area is 120 Å². The fourth-order valence-electron chi connectivity index (χ4n) is 2.65. The molecule has 0 aliphatic carbocycles. The molecule has 1 aliphatic heterocycles. The number of benzene rings is 1. The highest BCUT2D eigenvalue weighted by molar-refractivity contribution is 5.40. The van der Waals surface area contributed by atoms with Crippen molar-refractivity contribution in [2.45, 2.75) is 51.4 Å². The fourth-order valence-corrected chi connectivity index (χ4v) is 2.65. The Balaban J connectivity index is 2.14. The van der Waals surface area contributed by atoms with Gasteiger partial charge in [0.05, 0.1) is 5.60 Å². The average molecular weight is 274 g/mol. The van der Waals surface area contributed by atoms with Crippen LogP contribution in [0, 0.1) is 11.8 Å². The van der Waals surface area contributed by atoms with Gasteiger partial charge in [0.2, 0.25) is 0 Å². The number of hydrogen-bond acceptors (Lipinski definition) is 3.